The zero-order valence-electron chi connectivity index (χ0n) is 22.5. The van der Waals surface area contributed by atoms with Gasteiger partial charge in [0.1, 0.15) is 30.7 Å². The minimum atomic E-state index is -0.903. The number of carbonyl (C=O) groups excluding carboxylic acids is 4. The van der Waals surface area contributed by atoms with Crippen molar-refractivity contribution in [3.05, 3.63) is 65.7 Å². The van der Waals surface area contributed by atoms with Gasteiger partial charge in [0, 0.05) is 0 Å². The smallest absolute Gasteiger partial charge is 0.408 e. The second-order valence-electron chi connectivity index (χ2n) is 10.2. The van der Waals surface area contributed by atoms with E-state index in [0.29, 0.717) is 19.1 Å². The van der Waals surface area contributed by atoms with Crippen LogP contribution in [0.3, 0.4) is 0 Å². The predicted molar refractivity (Wildman–Crippen MR) is 144 cm³/mol. The molecule has 38 heavy (non-hydrogen) atoms. The molecule has 0 aromatic heterocycles. The number of amides is 3. The van der Waals surface area contributed by atoms with Crippen LogP contribution >= 0.6 is 0 Å². The lowest BCUT2D eigenvalue weighted by atomic mass is 9.99. The van der Waals surface area contributed by atoms with Crippen LogP contribution in [0.2, 0.25) is 0 Å². The van der Waals surface area contributed by atoms with E-state index in [1.54, 1.807) is 12.1 Å². The first-order valence-electron chi connectivity index (χ1n) is 12.9. The van der Waals surface area contributed by atoms with Gasteiger partial charge in [-0.05, 0) is 54.4 Å². The monoisotopic (exact) mass is 525 g/mol. The molecule has 0 heterocycles. The highest BCUT2D eigenvalue weighted by Gasteiger charge is 2.29. The molecule has 2 aromatic carbocycles. The quantitative estimate of drug-likeness (QED) is 0.279. The second kappa shape index (κ2) is 15.4. The molecule has 0 aliphatic rings. The third-order valence-electron chi connectivity index (χ3n) is 5.75. The van der Waals surface area contributed by atoms with Gasteiger partial charge in [0.15, 0.2) is 0 Å². The van der Waals surface area contributed by atoms with Gasteiger partial charge in [-0.25, -0.2) is 4.79 Å². The van der Waals surface area contributed by atoms with Crippen LogP contribution in [0.1, 0.15) is 51.7 Å². The summed E-state index contributed by atoms with van der Waals surface area (Å²) >= 11 is 0. The number of benzene rings is 2. The van der Waals surface area contributed by atoms with E-state index in [0.717, 1.165) is 11.1 Å². The maximum Gasteiger partial charge on any atom is 0.408 e. The minimum absolute atomic E-state index is 0.0647. The molecule has 3 unspecified atom stereocenters. The van der Waals surface area contributed by atoms with Crippen LogP contribution in [0.25, 0.3) is 0 Å². The third-order valence-corrected chi connectivity index (χ3v) is 5.75. The number of nitrogens with one attached hydrogen (secondary N) is 3. The van der Waals surface area contributed by atoms with Gasteiger partial charge in [0.05, 0.1) is 6.04 Å². The van der Waals surface area contributed by atoms with E-state index in [1.165, 1.54) is 12.1 Å². The highest BCUT2D eigenvalue weighted by atomic mass is 16.5. The van der Waals surface area contributed by atoms with Crippen molar-refractivity contribution in [1.82, 2.24) is 16.0 Å². The number of aldehydes is 1. The van der Waals surface area contributed by atoms with Gasteiger partial charge in [-0.1, -0.05) is 70.2 Å². The molecule has 0 saturated carbocycles. The predicted octanol–water partition coefficient (Wildman–Crippen LogP) is 3.49. The lowest BCUT2D eigenvalue weighted by molar-refractivity contribution is -0.131. The van der Waals surface area contributed by atoms with Crippen molar-refractivity contribution in [3.63, 3.8) is 0 Å². The molecule has 9 heteroatoms. The number of aromatic hydroxyl groups is 1. The van der Waals surface area contributed by atoms with E-state index in [2.05, 4.69) is 16.0 Å². The van der Waals surface area contributed by atoms with Gasteiger partial charge in [-0.15, -0.1) is 0 Å². The first-order chi connectivity index (χ1) is 18.1. The van der Waals surface area contributed by atoms with Gasteiger partial charge in [0.2, 0.25) is 11.8 Å². The van der Waals surface area contributed by atoms with Crippen molar-refractivity contribution in [1.29, 1.82) is 0 Å². The number of hydrogen-bond acceptors (Lipinski definition) is 6. The van der Waals surface area contributed by atoms with Gasteiger partial charge < -0.3 is 30.6 Å². The van der Waals surface area contributed by atoms with Crippen LogP contribution in [-0.2, 0) is 32.1 Å². The maximum absolute atomic E-state index is 13.2. The first kappa shape index (κ1) is 30.3. The number of phenols is 1. The van der Waals surface area contributed by atoms with Crippen molar-refractivity contribution >= 4 is 24.2 Å². The van der Waals surface area contributed by atoms with E-state index < -0.39 is 36.0 Å². The van der Waals surface area contributed by atoms with E-state index in [9.17, 15) is 24.3 Å². The molecule has 0 spiro atoms. The van der Waals surface area contributed by atoms with E-state index in [1.807, 2.05) is 58.0 Å². The molecule has 2 aromatic rings. The molecule has 0 aliphatic carbocycles. The third kappa shape index (κ3) is 11.0. The molecule has 3 amide bonds. The fourth-order valence-electron chi connectivity index (χ4n) is 3.89. The Labute approximate surface area is 224 Å². The number of alkyl carbamates (subject to hydrolysis) is 1. The van der Waals surface area contributed by atoms with Crippen molar-refractivity contribution in [2.45, 2.75) is 71.7 Å². The van der Waals surface area contributed by atoms with Crippen molar-refractivity contribution in [2.24, 2.45) is 11.8 Å². The zero-order chi connectivity index (χ0) is 28.1. The molecule has 206 valence electrons. The molecular weight excluding hydrogens is 486 g/mol. The Morgan fingerprint density at radius 2 is 1.34 bits per heavy atom. The molecule has 0 radical (unpaired) electrons. The summed E-state index contributed by atoms with van der Waals surface area (Å²) < 4.78 is 5.27. The van der Waals surface area contributed by atoms with Crippen LogP contribution in [0.4, 0.5) is 4.79 Å². The minimum Gasteiger partial charge on any atom is -0.508 e. The van der Waals surface area contributed by atoms with Gasteiger partial charge in [0.25, 0.3) is 0 Å². The van der Waals surface area contributed by atoms with Crippen LogP contribution < -0.4 is 16.0 Å². The van der Waals surface area contributed by atoms with Gasteiger partial charge in [-0.2, -0.15) is 0 Å². The summed E-state index contributed by atoms with van der Waals surface area (Å²) in [6.45, 7) is 7.76. The number of ether oxygens (including phenoxy) is 1. The second-order valence-corrected chi connectivity index (χ2v) is 10.2. The summed E-state index contributed by atoms with van der Waals surface area (Å²) in [6.07, 6.45) is 0.845. The fourth-order valence-corrected chi connectivity index (χ4v) is 3.89. The summed E-state index contributed by atoms with van der Waals surface area (Å²) in [5.74, 6) is -0.726. The van der Waals surface area contributed by atoms with E-state index in [-0.39, 0.29) is 30.6 Å². The average Bonchev–Trinajstić information content (AvgIpc) is 2.87. The Bertz CT molecular complexity index is 1040. The Morgan fingerprint density at radius 3 is 1.89 bits per heavy atom. The van der Waals surface area contributed by atoms with Gasteiger partial charge >= 0.3 is 6.09 Å². The summed E-state index contributed by atoms with van der Waals surface area (Å²) in [5, 5.41) is 17.5. The first-order valence-corrected chi connectivity index (χ1v) is 12.9. The fraction of sp³-hybridized carbons (Fsp3) is 0.448. The van der Waals surface area contributed by atoms with E-state index in [4.69, 9.17) is 4.74 Å². The molecule has 3 atom stereocenters. The van der Waals surface area contributed by atoms with Crippen LogP contribution in [0.15, 0.2) is 54.6 Å². The van der Waals surface area contributed by atoms with Crippen LogP contribution in [0, 0.1) is 11.8 Å². The summed E-state index contributed by atoms with van der Waals surface area (Å²) in [4.78, 5) is 50.4. The van der Waals surface area contributed by atoms with Crippen molar-refractivity contribution in [3.8, 4) is 5.75 Å². The standard InChI is InChI=1S/C29H39N3O6/c1-19(2)14-25(27(35)30-23(17-33)16-21-10-12-24(34)13-11-21)31-28(36)26(15-20(3)4)32-29(37)38-18-22-8-6-5-7-9-22/h5-13,17,19-20,23,25-26,34H,14-16,18H2,1-4H3,(H,30,35)(H,31,36)(H,32,37). The van der Waals surface area contributed by atoms with Crippen LogP contribution in [0.5, 0.6) is 5.75 Å². The molecule has 2 rings (SSSR count). The molecule has 0 fully saturated rings. The molecule has 0 aliphatic heterocycles. The van der Waals surface area contributed by atoms with Crippen molar-refractivity contribution in [2.75, 3.05) is 0 Å². The molecule has 0 saturated heterocycles. The summed E-state index contributed by atoms with van der Waals surface area (Å²) in [7, 11) is 0. The number of hydrogen-bond donors (Lipinski definition) is 4. The normalized spacial score (nSPS) is 13.3. The number of rotatable bonds is 14. The summed E-state index contributed by atoms with van der Waals surface area (Å²) in [6, 6.07) is 12.9. The maximum atomic E-state index is 13.2. The number of carbonyl (C=O) groups is 4. The van der Waals surface area contributed by atoms with Crippen LogP contribution in [-0.4, -0.2) is 47.4 Å². The molecular formula is C29H39N3O6. The highest BCUT2D eigenvalue weighted by Crippen LogP contribution is 2.13. The summed E-state index contributed by atoms with van der Waals surface area (Å²) in [5.41, 5.74) is 1.58. The molecule has 4 N–H and O–H groups in total. The largest absolute Gasteiger partial charge is 0.508 e. The average molecular weight is 526 g/mol. The van der Waals surface area contributed by atoms with Crippen molar-refractivity contribution < 1.29 is 29.0 Å². The lowest BCUT2D eigenvalue weighted by Gasteiger charge is -2.26. The number of phenolic OH excluding ortho intramolecular Hbond substituents is 1. The van der Waals surface area contributed by atoms with E-state index >= 15 is 0 Å². The molecule has 0 bridgehead atoms. The topological polar surface area (TPSA) is 134 Å². The Hall–Kier alpha value is -3.88. The Morgan fingerprint density at radius 1 is 0.789 bits per heavy atom. The zero-order valence-corrected chi connectivity index (χ0v) is 22.5. The Balaban J connectivity index is 2.04. The highest BCUT2D eigenvalue weighted by molar-refractivity contribution is 5.92. The Kier molecular flexibility index (Phi) is 12.3. The molecule has 9 nitrogen and oxygen atoms in total. The van der Waals surface area contributed by atoms with Gasteiger partial charge in [-0.3, -0.25) is 9.59 Å². The lowest BCUT2D eigenvalue weighted by Crippen LogP contribution is -2.55. The SMILES string of the molecule is CC(C)CC(NC(=O)OCc1ccccc1)C(=O)NC(CC(C)C)C(=O)NC(C=O)Cc1ccc(O)cc1.